The number of nitrogens with one attached hydrogen (secondary N) is 2. The van der Waals surface area contributed by atoms with Gasteiger partial charge in [0, 0.05) is 24.2 Å². The average Bonchev–Trinajstić information content (AvgIpc) is 2.78. The van der Waals surface area contributed by atoms with Crippen LogP contribution in [0.25, 0.3) is 10.8 Å². The van der Waals surface area contributed by atoms with Gasteiger partial charge < -0.3 is 10.6 Å². The van der Waals surface area contributed by atoms with Crippen molar-refractivity contribution in [3.8, 4) is 0 Å². The molecule has 1 aromatic heterocycles. The van der Waals surface area contributed by atoms with Crippen molar-refractivity contribution in [1.82, 2.24) is 9.78 Å². The van der Waals surface area contributed by atoms with E-state index in [9.17, 15) is 9.59 Å². The number of hydrogen-bond acceptors (Lipinski definition) is 4. The van der Waals surface area contributed by atoms with Gasteiger partial charge in [-0.3, -0.25) is 9.59 Å². The lowest BCUT2D eigenvalue weighted by atomic mass is 10.1. The van der Waals surface area contributed by atoms with E-state index in [1.165, 1.54) is 11.7 Å². The van der Waals surface area contributed by atoms with Crippen LogP contribution in [0.5, 0.6) is 0 Å². The molecule has 31 heavy (non-hydrogen) atoms. The average molecular weight is 433 g/mol. The fourth-order valence-corrected chi connectivity index (χ4v) is 3.66. The Labute approximate surface area is 184 Å². The number of aromatic nitrogens is 2. The highest BCUT2D eigenvalue weighted by Gasteiger charge is 2.16. The smallest absolute Gasteiger partial charge is 0.276 e. The van der Waals surface area contributed by atoms with Crippen LogP contribution in [0.3, 0.4) is 0 Å². The van der Waals surface area contributed by atoms with Gasteiger partial charge in [-0.2, -0.15) is 5.10 Å². The number of aryl methyl sites for hydroxylation is 1. The molecule has 1 amide bonds. The third-order valence-corrected chi connectivity index (χ3v) is 5.38. The molecule has 0 saturated heterocycles. The second-order valence-corrected chi connectivity index (χ2v) is 7.66. The van der Waals surface area contributed by atoms with Crippen LogP contribution in [-0.2, 0) is 7.05 Å². The third-order valence-electron chi connectivity index (χ3n) is 5.07. The van der Waals surface area contributed by atoms with E-state index in [0.29, 0.717) is 21.5 Å². The van der Waals surface area contributed by atoms with Crippen LogP contribution in [0.1, 0.15) is 29.0 Å². The molecule has 4 aromatic rings. The van der Waals surface area contributed by atoms with Gasteiger partial charge in [0.1, 0.15) is 0 Å². The van der Waals surface area contributed by atoms with Crippen molar-refractivity contribution in [2.24, 2.45) is 7.05 Å². The molecule has 0 bridgehead atoms. The quantitative estimate of drug-likeness (QED) is 0.464. The Hall–Kier alpha value is -3.64. The zero-order valence-corrected chi connectivity index (χ0v) is 17.9. The van der Waals surface area contributed by atoms with Gasteiger partial charge in [0.25, 0.3) is 11.5 Å². The monoisotopic (exact) mass is 432 g/mol. The molecule has 156 valence electrons. The van der Waals surface area contributed by atoms with Crippen molar-refractivity contribution in [2.45, 2.75) is 13.0 Å². The molecule has 0 fully saturated rings. The summed E-state index contributed by atoms with van der Waals surface area (Å²) in [5.41, 5.74) is 2.37. The summed E-state index contributed by atoms with van der Waals surface area (Å²) in [7, 11) is 1.52. The van der Waals surface area contributed by atoms with Gasteiger partial charge >= 0.3 is 0 Å². The summed E-state index contributed by atoms with van der Waals surface area (Å²) in [6.45, 7) is 2.05. The molecule has 7 heteroatoms. The summed E-state index contributed by atoms with van der Waals surface area (Å²) in [5, 5.41) is 11.8. The lowest BCUT2D eigenvalue weighted by molar-refractivity contribution is 0.102. The number of fused-ring (bicyclic) bond motifs is 1. The second kappa shape index (κ2) is 8.62. The summed E-state index contributed by atoms with van der Waals surface area (Å²) < 4.78 is 1.17. The second-order valence-electron chi connectivity index (χ2n) is 7.25. The number of rotatable bonds is 5. The van der Waals surface area contributed by atoms with Gasteiger partial charge in [-0.05, 0) is 36.8 Å². The minimum atomic E-state index is -0.416. The fourth-order valence-electron chi connectivity index (χ4n) is 3.43. The van der Waals surface area contributed by atoms with Gasteiger partial charge in [0.15, 0.2) is 5.69 Å². The first-order valence-corrected chi connectivity index (χ1v) is 10.2. The molecule has 0 radical (unpaired) electrons. The predicted molar refractivity (Wildman–Crippen MR) is 125 cm³/mol. The van der Waals surface area contributed by atoms with E-state index in [1.807, 2.05) is 36.4 Å². The maximum absolute atomic E-state index is 12.9. The number of nitrogens with zero attached hydrogens (tertiary/aromatic N) is 2. The summed E-state index contributed by atoms with van der Waals surface area (Å²) in [6.07, 6.45) is 0. The Kier molecular flexibility index (Phi) is 5.73. The number of benzene rings is 3. The Bertz CT molecular complexity index is 1320. The van der Waals surface area contributed by atoms with E-state index in [2.05, 4.69) is 22.7 Å². The largest absolute Gasteiger partial charge is 0.377 e. The van der Waals surface area contributed by atoms with E-state index in [0.717, 1.165) is 11.3 Å². The third kappa shape index (κ3) is 4.29. The van der Waals surface area contributed by atoms with E-state index in [4.69, 9.17) is 11.6 Å². The number of amides is 1. The summed E-state index contributed by atoms with van der Waals surface area (Å²) in [4.78, 5) is 25.2. The van der Waals surface area contributed by atoms with Gasteiger partial charge in [0.05, 0.1) is 16.1 Å². The SMILES string of the molecule is CC(Nc1ccc(NC(=O)c2nn(C)c(=O)c3ccccc23)cc1Cl)c1ccccc1. The number of carbonyl (C=O) groups excluding carboxylic acids is 1. The van der Waals surface area contributed by atoms with Crippen LogP contribution < -0.4 is 16.2 Å². The lowest BCUT2D eigenvalue weighted by Gasteiger charge is -2.17. The van der Waals surface area contributed by atoms with Gasteiger partial charge in [-0.25, -0.2) is 4.68 Å². The zero-order chi connectivity index (χ0) is 22.0. The van der Waals surface area contributed by atoms with Crippen LogP contribution in [0.15, 0.2) is 77.6 Å². The first-order chi connectivity index (χ1) is 14.9. The molecule has 2 N–H and O–H groups in total. The molecule has 4 rings (SSSR count). The molecule has 0 aliphatic rings. The first-order valence-electron chi connectivity index (χ1n) is 9.82. The Morgan fingerprint density at radius 3 is 2.39 bits per heavy atom. The Morgan fingerprint density at radius 1 is 1.00 bits per heavy atom. The van der Waals surface area contributed by atoms with Crippen molar-refractivity contribution in [1.29, 1.82) is 0 Å². The van der Waals surface area contributed by atoms with Crippen molar-refractivity contribution in [2.75, 3.05) is 10.6 Å². The van der Waals surface area contributed by atoms with Crippen molar-refractivity contribution < 1.29 is 4.79 Å². The fraction of sp³-hybridized carbons (Fsp3) is 0.125. The number of carbonyl (C=O) groups is 1. The highest BCUT2D eigenvalue weighted by atomic mass is 35.5. The van der Waals surface area contributed by atoms with Crippen LogP contribution in [0.2, 0.25) is 5.02 Å². The molecule has 6 nitrogen and oxygen atoms in total. The van der Waals surface area contributed by atoms with Crippen LogP contribution in [0.4, 0.5) is 11.4 Å². The molecule has 0 aliphatic carbocycles. The maximum Gasteiger partial charge on any atom is 0.276 e. The van der Waals surface area contributed by atoms with Gasteiger partial charge in [-0.1, -0.05) is 60.1 Å². The maximum atomic E-state index is 12.9. The highest BCUT2D eigenvalue weighted by Crippen LogP contribution is 2.29. The molecule has 1 atom stereocenters. The van der Waals surface area contributed by atoms with Crippen molar-refractivity contribution in [3.05, 3.63) is 99.4 Å². The molecule has 0 spiro atoms. The van der Waals surface area contributed by atoms with E-state index in [1.54, 1.807) is 36.4 Å². The van der Waals surface area contributed by atoms with Crippen LogP contribution in [-0.4, -0.2) is 15.7 Å². The molecular formula is C24H21ClN4O2. The first kappa shape index (κ1) is 20.6. The summed E-state index contributed by atoms with van der Waals surface area (Å²) in [5.74, 6) is -0.416. The molecule has 0 aliphatic heterocycles. The van der Waals surface area contributed by atoms with Gasteiger partial charge in [0.2, 0.25) is 0 Å². The van der Waals surface area contributed by atoms with E-state index in [-0.39, 0.29) is 17.3 Å². The summed E-state index contributed by atoms with van der Waals surface area (Å²) in [6, 6.07) is 22.3. The Morgan fingerprint density at radius 2 is 1.68 bits per heavy atom. The summed E-state index contributed by atoms with van der Waals surface area (Å²) >= 11 is 6.46. The number of halogens is 1. The number of hydrogen-bond donors (Lipinski definition) is 2. The Balaban J connectivity index is 1.56. The molecular weight excluding hydrogens is 412 g/mol. The van der Waals surface area contributed by atoms with Crippen LogP contribution >= 0.6 is 11.6 Å². The molecule has 3 aromatic carbocycles. The van der Waals surface area contributed by atoms with Gasteiger partial charge in [-0.15, -0.1) is 0 Å². The van der Waals surface area contributed by atoms with E-state index >= 15 is 0 Å². The normalized spacial score (nSPS) is 11.8. The van der Waals surface area contributed by atoms with E-state index < -0.39 is 5.91 Å². The molecule has 1 unspecified atom stereocenters. The van der Waals surface area contributed by atoms with Crippen LogP contribution in [0, 0.1) is 0 Å². The lowest BCUT2D eigenvalue weighted by Crippen LogP contribution is -2.25. The topological polar surface area (TPSA) is 76.0 Å². The molecule has 1 heterocycles. The van der Waals surface area contributed by atoms with Crippen molar-refractivity contribution in [3.63, 3.8) is 0 Å². The number of anilines is 2. The zero-order valence-electron chi connectivity index (χ0n) is 17.1. The standard InChI is InChI=1S/C24H21ClN4O2/c1-15(16-8-4-3-5-9-16)26-21-13-12-17(14-20(21)25)27-23(30)22-18-10-6-7-11-19(18)24(31)29(2)28-22/h3-15,26H,1-2H3,(H,27,30). The minimum Gasteiger partial charge on any atom is -0.377 e. The highest BCUT2D eigenvalue weighted by molar-refractivity contribution is 6.33. The van der Waals surface area contributed by atoms with Crippen molar-refractivity contribution >= 4 is 39.7 Å². The molecule has 0 saturated carbocycles. The minimum absolute atomic E-state index is 0.0697. The predicted octanol–water partition coefficient (Wildman–Crippen LogP) is 5.01.